The van der Waals surface area contributed by atoms with E-state index in [1.165, 1.54) is 45.6 Å². The van der Waals surface area contributed by atoms with E-state index in [0.717, 1.165) is 64.6 Å². The van der Waals surface area contributed by atoms with Crippen LogP contribution in [0.15, 0.2) is 4.99 Å². The number of ether oxygens (including phenoxy) is 2. The van der Waals surface area contributed by atoms with E-state index in [0.29, 0.717) is 12.2 Å². The third-order valence-corrected chi connectivity index (χ3v) is 6.37. The zero-order chi connectivity index (χ0) is 19.6. The lowest BCUT2D eigenvalue weighted by molar-refractivity contribution is -0.0721. The molecule has 3 aliphatic rings. The SMILES string of the molecule is CCN1CCN(CCNC(=NC)N2CCC(OCC3CCCCO3)CC2)CC1. The van der Waals surface area contributed by atoms with Crippen LogP contribution in [0.1, 0.15) is 39.0 Å². The van der Waals surface area contributed by atoms with Gasteiger partial charge in [0.2, 0.25) is 0 Å². The Morgan fingerprint density at radius 3 is 2.43 bits per heavy atom. The minimum Gasteiger partial charge on any atom is -0.376 e. The van der Waals surface area contributed by atoms with Crippen molar-refractivity contribution in [3.63, 3.8) is 0 Å². The maximum atomic E-state index is 6.14. The van der Waals surface area contributed by atoms with Gasteiger partial charge in [0.05, 0.1) is 18.8 Å². The lowest BCUT2D eigenvalue weighted by atomic mass is 10.1. The van der Waals surface area contributed by atoms with Gasteiger partial charge in [0.25, 0.3) is 0 Å². The summed E-state index contributed by atoms with van der Waals surface area (Å²) in [5, 5.41) is 3.57. The molecule has 0 aromatic carbocycles. The van der Waals surface area contributed by atoms with Crippen LogP contribution in [0.3, 0.4) is 0 Å². The number of likely N-dealkylation sites (N-methyl/N-ethyl adjacent to an activating group) is 1. The molecule has 3 aliphatic heterocycles. The zero-order valence-corrected chi connectivity index (χ0v) is 18.1. The lowest BCUT2D eigenvalue weighted by Gasteiger charge is -2.36. The molecule has 3 rings (SSSR count). The summed E-state index contributed by atoms with van der Waals surface area (Å²) < 4.78 is 11.9. The lowest BCUT2D eigenvalue weighted by Crippen LogP contribution is -2.51. The van der Waals surface area contributed by atoms with E-state index < -0.39 is 0 Å². The first-order valence-corrected chi connectivity index (χ1v) is 11.4. The highest BCUT2D eigenvalue weighted by Gasteiger charge is 2.24. The summed E-state index contributed by atoms with van der Waals surface area (Å²) in [4.78, 5) is 12.0. The van der Waals surface area contributed by atoms with Crippen molar-refractivity contribution in [3.05, 3.63) is 0 Å². The van der Waals surface area contributed by atoms with Crippen molar-refractivity contribution in [3.8, 4) is 0 Å². The van der Waals surface area contributed by atoms with Crippen LogP contribution in [-0.4, -0.2) is 112 Å². The maximum Gasteiger partial charge on any atom is 0.193 e. The van der Waals surface area contributed by atoms with Crippen LogP contribution in [0, 0.1) is 0 Å². The van der Waals surface area contributed by atoms with Crippen LogP contribution in [0.2, 0.25) is 0 Å². The van der Waals surface area contributed by atoms with Crippen molar-refractivity contribution in [2.75, 3.05) is 79.2 Å². The van der Waals surface area contributed by atoms with E-state index in [1.54, 1.807) is 0 Å². The molecule has 162 valence electrons. The fourth-order valence-corrected chi connectivity index (χ4v) is 4.40. The second-order valence-corrected chi connectivity index (χ2v) is 8.26. The Bertz CT molecular complexity index is 454. The predicted molar refractivity (Wildman–Crippen MR) is 114 cm³/mol. The standard InChI is InChI=1S/C21H41N5O2/c1-3-24-13-15-25(16-14-24)12-9-23-21(22-2)26-10-7-19(8-11-26)28-18-20-6-4-5-17-27-20/h19-20H,3-18H2,1-2H3,(H,22,23). The summed E-state index contributed by atoms with van der Waals surface area (Å²) in [5.41, 5.74) is 0. The van der Waals surface area contributed by atoms with Gasteiger partial charge in [-0.3, -0.25) is 9.89 Å². The van der Waals surface area contributed by atoms with E-state index >= 15 is 0 Å². The molecule has 1 N–H and O–H groups in total. The topological polar surface area (TPSA) is 52.6 Å². The Morgan fingerprint density at radius 1 is 1.04 bits per heavy atom. The molecule has 3 heterocycles. The van der Waals surface area contributed by atoms with Gasteiger partial charge < -0.3 is 24.6 Å². The number of piperazine rings is 1. The van der Waals surface area contributed by atoms with E-state index in [4.69, 9.17) is 9.47 Å². The fraction of sp³-hybridized carbons (Fsp3) is 0.952. The molecule has 3 fully saturated rings. The second kappa shape index (κ2) is 12.0. The molecular weight excluding hydrogens is 354 g/mol. The van der Waals surface area contributed by atoms with Crippen molar-refractivity contribution < 1.29 is 9.47 Å². The molecule has 0 bridgehead atoms. The molecule has 0 aliphatic carbocycles. The molecule has 28 heavy (non-hydrogen) atoms. The minimum atomic E-state index is 0.320. The predicted octanol–water partition coefficient (Wildman–Crippen LogP) is 1.25. The van der Waals surface area contributed by atoms with Crippen molar-refractivity contribution in [2.24, 2.45) is 4.99 Å². The van der Waals surface area contributed by atoms with Gasteiger partial charge in [-0.1, -0.05) is 6.92 Å². The van der Waals surface area contributed by atoms with Gasteiger partial charge in [-0.25, -0.2) is 0 Å². The number of aliphatic imine (C=N–C) groups is 1. The van der Waals surface area contributed by atoms with Crippen LogP contribution in [-0.2, 0) is 9.47 Å². The summed E-state index contributed by atoms with van der Waals surface area (Å²) in [7, 11) is 1.89. The van der Waals surface area contributed by atoms with E-state index in [9.17, 15) is 0 Å². The Labute approximate surface area is 171 Å². The minimum absolute atomic E-state index is 0.320. The number of guanidine groups is 1. The summed E-state index contributed by atoms with van der Waals surface area (Å²) >= 11 is 0. The summed E-state index contributed by atoms with van der Waals surface area (Å²) in [6, 6.07) is 0. The first-order chi connectivity index (χ1) is 13.8. The highest BCUT2D eigenvalue weighted by molar-refractivity contribution is 5.79. The van der Waals surface area contributed by atoms with Crippen LogP contribution < -0.4 is 5.32 Å². The van der Waals surface area contributed by atoms with Crippen LogP contribution in [0.25, 0.3) is 0 Å². The van der Waals surface area contributed by atoms with Crippen molar-refractivity contribution in [2.45, 2.75) is 51.2 Å². The van der Waals surface area contributed by atoms with Crippen LogP contribution in [0.5, 0.6) is 0 Å². The average Bonchev–Trinajstić information content (AvgIpc) is 2.77. The molecule has 7 nitrogen and oxygen atoms in total. The molecule has 0 amide bonds. The largest absolute Gasteiger partial charge is 0.376 e. The van der Waals surface area contributed by atoms with Gasteiger partial charge >= 0.3 is 0 Å². The molecule has 1 unspecified atom stereocenters. The molecule has 7 heteroatoms. The molecule has 0 saturated carbocycles. The van der Waals surface area contributed by atoms with Crippen LogP contribution in [0.4, 0.5) is 0 Å². The number of nitrogens with zero attached hydrogens (tertiary/aromatic N) is 4. The average molecular weight is 396 g/mol. The molecule has 0 radical (unpaired) electrons. The third kappa shape index (κ3) is 6.87. The highest BCUT2D eigenvalue weighted by Crippen LogP contribution is 2.18. The summed E-state index contributed by atoms with van der Waals surface area (Å²) in [6.07, 6.45) is 6.48. The fourth-order valence-electron chi connectivity index (χ4n) is 4.40. The monoisotopic (exact) mass is 395 g/mol. The first-order valence-electron chi connectivity index (χ1n) is 11.4. The summed E-state index contributed by atoms with van der Waals surface area (Å²) in [6.45, 7) is 14.0. The zero-order valence-electron chi connectivity index (χ0n) is 18.1. The van der Waals surface area contributed by atoms with Crippen molar-refractivity contribution in [1.82, 2.24) is 20.0 Å². The number of hydrogen-bond donors (Lipinski definition) is 1. The number of rotatable bonds is 7. The summed E-state index contributed by atoms with van der Waals surface area (Å²) in [5.74, 6) is 1.04. The molecule has 0 spiro atoms. The van der Waals surface area contributed by atoms with E-state index in [1.807, 2.05) is 7.05 Å². The van der Waals surface area contributed by atoms with Crippen molar-refractivity contribution >= 4 is 5.96 Å². The number of piperidine rings is 1. The van der Waals surface area contributed by atoms with Gasteiger partial charge in [-0.2, -0.15) is 0 Å². The Balaban J connectivity index is 1.29. The molecule has 1 atom stereocenters. The Hall–Kier alpha value is -0.890. The molecule has 3 saturated heterocycles. The normalized spacial score (nSPS) is 26.6. The quantitative estimate of drug-likeness (QED) is 0.517. The van der Waals surface area contributed by atoms with E-state index in [-0.39, 0.29) is 0 Å². The smallest absolute Gasteiger partial charge is 0.193 e. The van der Waals surface area contributed by atoms with Gasteiger partial charge in [0.15, 0.2) is 5.96 Å². The molecule has 0 aromatic rings. The Morgan fingerprint density at radius 2 is 1.79 bits per heavy atom. The third-order valence-electron chi connectivity index (χ3n) is 6.37. The van der Waals surface area contributed by atoms with Gasteiger partial charge in [-0.05, 0) is 38.6 Å². The van der Waals surface area contributed by atoms with Gasteiger partial charge in [0, 0.05) is 66.0 Å². The first kappa shape index (κ1) is 21.8. The Kier molecular flexibility index (Phi) is 9.31. The second-order valence-electron chi connectivity index (χ2n) is 8.26. The number of likely N-dealkylation sites (tertiary alicyclic amines) is 1. The van der Waals surface area contributed by atoms with E-state index in [2.05, 4.69) is 31.9 Å². The van der Waals surface area contributed by atoms with Gasteiger partial charge in [0.1, 0.15) is 0 Å². The number of hydrogen-bond acceptors (Lipinski definition) is 5. The van der Waals surface area contributed by atoms with Gasteiger partial charge in [-0.15, -0.1) is 0 Å². The molecular formula is C21H41N5O2. The van der Waals surface area contributed by atoms with Crippen molar-refractivity contribution in [1.29, 1.82) is 0 Å². The number of nitrogens with one attached hydrogen (secondary N) is 1. The maximum absolute atomic E-state index is 6.14. The van der Waals surface area contributed by atoms with Crippen LogP contribution >= 0.6 is 0 Å². The molecule has 0 aromatic heterocycles. The highest BCUT2D eigenvalue weighted by atomic mass is 16.5.